The summed E-state index contributed by atoms with van der Waals surface area (Å²) in [5, 5.41) is 10.4. The van der Waals surface area contributed by atoms with Gasteiger partial charge in [0.1, 0.15) is 24.0 Å². The second-order valence-electron chi connectivity index (χ2n) is 7.72. The molecule has 2 aromatic carbocycles. The van der Waals surface area contributed by atoms with E-state index in [0.29, 0.717) is 70.4 Å². The fourth-order valence-corrected chi connectivity index (χ4v) is 4.92. The summed E-state index contributed by atoms with van der Waals surface area (Å²) in [6.45, 7) is 2.58. The van der Waals surface area contributed by atoms with Crippen molar-refractivity contribution in [3.63, 3.8) is 0 Å². The third-order valence-electron chi connectivity index (χ3n) is 5.54. The lowest BCUT2D eigenvalue weighted by Gasteiger charge is -2.31. The van der Waals surface area contributed by atoms with Gasteiger partial charge < -0.3 is 19.9 Å². The molecule has 0 radical (unpaired) electrons. The Morgan fingerprint density at radius 1 is 1.27 bits per heavy atom. The van der Waals surface area contributed by atoms with E-state index in [1.54, 1.807) is 12.1 Å². The normalized spacial score (nSPS) is 17.9. The Labute approximate surface area is 205 Å². The second-order valence-corrected chi connectivity index (χ2v) is 9.01. The van der Waals surface area contributed by atoms with Crippen LogP contribution in [0.5, 0.6) is 11.5 Å². The third kappa shape index (κ3) is 4.73. The van der Waals surface area contributed by atoms with Crippen LogP contribution in [0.15, 0.2) is 63.7 Å². The number of allylic oxidation sites excluding steroid dienone is 3. The molecule has 0 amide bonds. The van der Waals surface area contributed by atoms with Crippen LogP contribution in [0.1, 0.15) is 43.2 Å². The molecule has 6 nitrogen and oxygen atoms in total. The molecule has 0 spiro atoms. The van der Waals surface area contributed by atoms with Crippen LogP contribution in [0.25, 0.3) is 0 Å². The maximum absolute atomic E-state index is 12.8. The Morgan fingerprint density at radius 2 is 2.09 bits per heavy atom. The molecular formula is C25H22BrClN2O4. The van der Waals surface area contributed by atoms with E-state index in [-0.39, 0.29) is 17.2 Å². The number of hydrogen-bond donors (Lipinski definition) is 1. The molecule has 2 aromatic rings. The second kappa shape index (κ2) is 9.90. The summed E-state index contributed by atoms with van der Waals surface area (Å²) in [6.07, 6.45) is 1.72. The average Bonchev–Trinajstić information content (AvgIpc) is 2.78. The lowest BCUT2D eigenvalue weighted by Crippen LogP contribution is -2.27. The summed E-state index contributed by atoms with van der Waals surface area (Å²) in [5.74, 6) is 0.944. The van der Waals surface area contributed by atoms with Gasteiger partial charge in [-0.3, -0.25) is 4.79 Å². The smallest absolute Gasteiger partial charge is 0.205 e. The number of ketones is 1. The number of ether oxygens (including phenoxy) is 3. The Morgan fingerprint density at radius 3 is 2.82 bits per heavy atom. The highest BCUT2D eigenvalue weighted by molar-refractivity contribution is 9.10. The van der Waals surface area contributed by atoms with Crippen LogP contribution in [0.3, 0.4) is 0 Å². The SMILES string of the molecule is CCOc1cc(C2C(C#N)=C(N)OC3=C2C(=O)CCC3)cc(Br)c1OCc1cccc(Cl)c1. The summed E-state index contributed by atoms with van der Waals surface area (Å²) >= 11 is 9.67. The number of nitrogens with zero attached hydrogens (tertiary/aromatic N) is 1. The number of nitriles is 1. The van der Waals surface area contributed by atoms with Crippen LogP contribution in [-0.4, -0.2) is 12.4 Å². The minimum Gasteiger partial charge on any atom is -0.490 e. The zero-order valence-corrected chi connectivity index (χ0v) is 20.3. The molecule has 8 heteroatoms. The predicted molar refractivity (Wildman–Crippen MR) is 128 cm³/mol. The zero-order chi connectivity index (χ0) is 23.5. The molecule has 1 atom stereocenters. The molecule has 0 saturated carbocycles. The largest absolute Gasteiger partial charge is 0.490 e. The average molecular weight is 530 g/mol. The maximum Gasteiger partial charge on any atom is 0.205 e. The van der Waals surface area contributed by atoms with Gasteiger partial charge >= 0.3 is 0 Å². The van der Waals surface area contributed by atoms with Crippen molar-refractivity contribution in [2.45, 2.75) is 38.7 Å². The third-order valence-corrected chi connectivity index (χ3v) is 6.37. The number of hydrogen-bond acceptors (Lipinski definition) is 6. The molecule has 0 aromatic heterocycles. The van der Waals surface area contributed by atoms with Crippen LogP contribution in [0.4, 0.5) is 0 Å². The van der Waals surface area contributed by atoms with E-state index in [2.05, 4.69) is 22.0 Å². The van der Waals surface area contributed by atoms with Crippen molar-refractivity contribution in [1.29, 1.82) is 5.26 Å². The first-order chi connectivity index (χ1) is 15.9. The molecule has 2 N–H and O–H groups in total. The van der Waals surface area contributed by atoms with Crippen molar-refractivity contribution in [3.05, 3.63) is 79.8 Å². The maximum atomic E-state index is 12.8. The summed E-state index contributed by atoms with van der Waals surface area (Å²) < 4.78 is 18.2. The van der Waals surface area contributed by atoms with Crippen molar-refractivity contribution in [3.8, 4) is 17.6 Å². The van der Waals surface area contributed by atoms with Crippen LogP contribution in [-0.2, 0) is 16.1 Å². The molecule has 2 aliphatic rings. The minimum absolute atomic E-state index is 0.0307. The van der Waals surface area contributed by atoms with Crippen LogP contribution in [0, 0.1) is 11.3 Å². The number of halogens is 2. The van der Waals surface area contributed by atoms with E-state index in [9.17, 15) is 10.1 Å². The fourth-order valence-electron chi connectivity index (χ4n) is 4.13. The summed E-state index contributed by atoms with van der Waals surface area (Å²) in [7, 11) is 0. The first-order valence-corrected chi connectivity index (χ1v) is 11.8. The Bertz CT molecular complexity index is 1220. The predicted octanol–water partition coefficient (Wildman–Crippen LogP) is 5.89. The van der Waals surface area contributed by atoms with Gasteiger partial charge in [-0.2, -0.15) is 5.26 Å². The Hall–Kier alpha value is -2.95. The summed E-state index contributed by atoms with van der Waals surface area (Å²) in [5.41, 5.74) is 8.39. The number of Topliss-reactive ketones (excluding diaryl/α,β-unsaturated/α-hetero) is 1. The number of carbonyl (C=O) groups is 1. The van der Waals surface area contributed by atoms with Crippen molar-refractivity contribution < 1.29 is 19.0 Å². The lowest BCUT2D eigenvalue weighted by molar-refractivity contribution is -0.116. The van der Waals surface area contributed by atoms with Crippen LogP contribution >= 0.6 is 27.5 Å². The molecular weight excluding hydrogens is 508 g/mol. The summed E-state index contributed by atoms with van der Waals surface area (Å²) in [4.78, 5) is 12.8. The van der Waals surface area contributed by atoms with Gasteiger partial charge in [0.05, 0.1) is 17.0 Å². The Balaban J connectivity index is 1.76. The highest BCUT2D eigenvalue weighted by atomic mass is 79.9. The molecule has 170 valence electrons. The highest BCUT2D eigenvalue weighted by Gasteiger charge is 2.38. The minimum atomic E-state index is -0.621. The van der Waals surface area contributed by atoms with Crippen molar-refractivity contribution >= 4 is 33.3 Å². The fraction of sp³-hybridized carbons (Fsp3) is 0.280. The lowest BCUT2D eigenvalue weighted by atomic mass is 9.77. The number of nitrogens with two attached hydrogens (primary N) is 1. The van der Waals surface area contributed by atoms with E-state index in [0.717, 1.165) is 5.56 Å². The van der Waals surface area contributed by atoms with Crippen molar-refractivity contribution in [1.82, 2.24) is 0 Å². The van der Waals surface area contributed by atoms with E-state index in [1.165, 1.54) is 0 Å². The van der Waals surface area contributed by atoms with E-state index in [4.69, 9.17) is 31.5 Å². The van der Waals surface area contributed by atoms with Gasteiger partial charge in [-0.05, 0) is 64.7 Å². The van der Waals surface area contributed by atoms with E-state index < -0.39 is 5.92 Å². The molecule has 33 heavy (non-hydrogen) atoms. The molecule has 1 unspecified atom stereocenters. The van der Waals surface area contributed by atoms with E-state index >= 15 is 0 Å². The quantitative estimate of drug-likeness (QED) is 0.501. The highest BCUT2D eigenvalue weighted by Crippen LogP contribution is 2.47. The zero-order valence-electron chi connectivity index (χ0n) is 18.0. The van der Waals surface area contributed by atoms with Gasteiger partial charge in [0.2, 0.25) is 5.88 Å². The summed E-state index contributed by atoms with van der Waals surface area (Å²) in [6, 6.07) is 13.2. The molecule has 1 heterocycles. The van der Waals surface area contributed by atoms with Gasteiger partial charge in [0.25, 0.3) is 0 Å². The Kier molecular flexibility index (Phi) is 6.96. The van der Waals surface area contributed by atoms with Gasteiger partial charge in [-0.15, -0.1) is 0 Å². The number of carbonyl (C=O) groups excluding carboxylic acids is 1. The molecule has 4 rings (SSSR count). The van der Waals surface area contributed by atoms with Gasteiger partial charge in [-0.1, -0.05) is 23.7 Å². The standard InChI is InChI=1S/C25H22BrClN2O4/c1-2-31-21-11-15(10-18(26)24(21)32-13-14-5-3-6-16(27)9-14)22-17(12-28)25(29)33-20-8-4-7-19(30)23(20)22/h3,5-6,9-11,22H,2,4,7-8,13,29H2,1H3. The monoisotopic (exact) mass is 528 g/mol. The van der Waals surface area contributed by atoms with E-state index in [1.807, 2.05) is 31.2 Å². The van der Waals surface area contributed by atoms with Gasteiger partial charge in [-0.25, -0.2) is 0 Å². The van der Waals surface area contributed by atoms with Crippen LogP contribution < -0.4 is 15.2 Å². The van der Waals surface area contributed by atoms with Gasteiger partial charge in [0.15, 0.2) is 17.3 Å². The van der Waals surface area contributed by atoms with Gasteiger partial charge in [0, 0.05) is 23.4 Å². The molecule has 0 fully saturated rings. The number of rotatable bonds is 6. The van der Waals surface area contributed by atoms with Crippen molar-refractivity contribution in [2.75, 3.05) is 6.61 Å². The van der Waals surface area contributed by atoms with Crippen LogP contribution in [0.2, 0.25) is 5.02 Å². The number of benzene rings is 2. The topological polar surface area (TPSA) is 94.6 Å². The molecule has 1 aliphatic carbocycles. The molecule has 0 saturated heterocycles. The van der Waals surface area contributed by atoms with Crippen molar-refractivity contribution in [2.24, 2.45) is 5.73 Å². The molecule has 0 bridgehead atoms. The first kappa shape index (κ1) is 23.2. The first-order valence-electron chi connectivity index (χ1n) is 10.6. The molecule has 1 aliphatic heterocycles.